The van der Waals surface area contributed by atoms with Gasteiger partial charge in [0.25, 0.3) is 5.91 Å². The van der Waals surface area contributed by atoms with Gasteiger partial charge in [0, 0.05) is 0 Å². The van der Waals surface area contributed by atoms with E-state index in [9.17, 15) is 4.79 Å². The second kappa shape index (κ2) is 11.2. The summed E-state index contributed by atoms with van der Waals surface area (Å²) >= 11 is 10.4. The monoisotopic (exact) mass is 553 g/mol. The van der Waals surface area contributed by atoms with E-state index >= 15 is 0 Å². The summed E-state index contributed by atoms with van der Waals surface area (Å²) in [5, 5.41) is 0. The Morgan fingerprint density at radius 2 is 1.76 bits per heavy atom. The first-order valence-electron chi connectivity index (χ1n) is 10.9. The third-order valence-corrected chi connectivity index (χ3v) is 7.22. The maximum absolute atomic E-state index is 13.1. The van der Waals surface area contributed by atoms with E-state index in [2.05, 4.69) is 15.9 Å². The second-order valence-corrected chi connectivity index (χ2v) is 10.2. The standard InChI is InChI=1S/C27H24BrNO3S2/c1-3-31-23-15-20(14-22(28)25(23)32-18(2)21-12-8-5-9-13-21)16-24-26(30)29(27(33)34-24)17-19-10-6-4-7-11-19/h4-16,18H,3,17H2,1-2H3. The van der Waals surface area contributed by atoms with Crippen molar-refractivity contribution in [1.29, 1.82) is 0 Å². The van der Waals surface area contributed by atoms with E-state index in [-0.39, 0.29) is 12.0 Å². The maximum atomic E-state index is 13.1. The van der Waals surface area contributed by atoms with Gasteiger partial charge in [0.2, 0.25) is 0 Å². The zero-order chi connectivity index (χ0) is 24.1. The highest BCUT2D eigenvalue weighted by Crippen LogP contribution is 2.41. The molecule has 1 amide bonds. The molecule has 1 fully saturated rings. The molecule has 1 saturated heterocycles. The molecule has 0 saturated carbocycles. The van der Waals surface area contributed by atoms with Crippen LogP contribution in [0.3, 0.4) is 0 Å². The zero-order valence-corrected chi connectivity index (χ0v) is 22.1. The Morgan fingerprint density at radius 1 is 1.09 bits per heavy atom. The molecule has 4 rings (SSSR count). The van der Waals surface area contributed by atoms with Crippen LogP contribution < -0.4 is 9.47 Å². The number of carbonyl (C=O) groups is 1. The molecule has 1 aliphatic rings. The highest BCUT2D eigenvalue weighted by atomic mass is 79.9. The number of carbonyl (C=O) groups excluding carboxylic acids is 1. The second-order valence-electron chi connectivity index (χ2n) is 7.69. The SMILES string of the molecule is CCOc1cc(C=C2SC(=S)N(Cc3ccccc3)C2=O)cc(Br)c1OC(C)c1ccccc1. The first kappa shape index (κ1) is 24.5. The molecule has 3 aromatic rings. The summed E-state index contributed by atoms with van der Waals surface area (Å²) in [5.74, 6) is 1.16. The number of thioether (sulfide) groups is 1. The molecule has 0 radical (unpaired) electrons. The van der Waals surface area contributed by atoms with E-state index in [1.807, 2.05) is 92.7 Å². The molecule has 0 aromatic heterocycles. The third-order valence-electron chi connectivity index (χ3n) is 5.25. The van der Waals surface area contributed by atoms with Gasteiger partial charge in [0.15, 0.2) is 11.5 Å². The van der Waals surface area contributed by atoms with Crippen molar-refractivity contribution in [3.63, 3.8) is 0 Å². The number of benzene rings is 3. The van der Waals surface area contributed by atoms with Crippen LogP contribution in [0.4, 0.5) is 0 Å². The first-order valence-corrected chi connectivity index (χ1v) is 12.9. The van der Waals surface area contributed by atoms with Gasteiger partial charge >= 0.3 is 0 Å². The lowest BCUT2D eigenvalue weighted by Gasteiger charge is -2.19. The van der Waals surface area contributed by atoms with Crippen molar-refractivity contribution in [2.45, 2.75) is 26.5 Å². The number of rotatable bonds is 8. The van der Waals surface area contributed by atoms with Crippen molar-refractivity contribution in [3.05, 3.63) is 98.9 Å². The fourth-order valence-corrected chi connectivity index (χ4v) is 5.38. The van der Waals surface area contributed by atoms with E-state index < -0.39 is 0 Å². The van der Waals surface area contributed by atoms with Crippen LogP contribution in [0.2, 0.25) is 0 Å². The normalized spacial score (nSPS) is 15.6. The molecule has 1 atom stereocenters. The van der Waals surface area contributed by atoms with Crippen LogP contribution in [0, 0.1) is 0 Å². The minimum atomic E-state index is -0.156. The number of hydrogen-bond acceptors (Lipinski definition) is 5. The zero-order valence-electron chi connectivity index (χ0n) is 18.9. The van der Waals surface area contributed by atoms with Crippen LogP contribution in [0.25, 0.3) is 6.08 Å². The van der Waals surface area contributed by atoms with E-state index in [1.165, 1.54) is 11.8 Å². The predicted octanol–water partition coefficient (Wildman–Crippen LogP) is 7.39. The fraction of sp³-hybridized carbons (Fsp3) is 0.185. The van der Waals surface area contributed by atoms with Crippen LogP contribution >= 0.6 is 39.9 Å². The lowest BCUT2D eigenvalue weighted by molar-refractivity contribution is -0.122. The number of nitrogens with zero attached hydrogens (tertiary/aromatic N) is 1. The Labute approximate surface area is 218 Å². The molecule has 0 bridgehead atoms. The van der Waals surface area contributed by atoms with E-state index in [1.54, 1.807) is 4.90 Å². The van der Waals surface area contributed by atoms with Crippen molar-refractivity contribution in [2.75, 3.05) is 6.61 Å². The lowest BCUT2D eigenvalue weighted by Crippen LogP contribution is -2.27. The lowest BCUT2D eigenvalue weighted by atomic mass is 10.1. The highest BCUT2D eigenvalue weighted by molar-refractivity contribution is 9.10. The Balaban J connectivity index is 1.58. The molecule has 34 heavy (non-hydrogen) atoms. The van der Waals surface area contributed by atoms with Gasteiger partial charge in [-0.05, 0) is 64.7 Å². The van der Waals surface area contributed by atoms with Gasteiger partial charge in [-0.25, -0.2) is 0 Å². The van der Waals surface area contributed by atoms with Crippen LogP contribution in [-0.4, -0.2) is 21.7 Å². The number of hydrogen-bond donors (Lipinski definition) is 0. The summed E-state index contributed by atoms with van der Waals surface area (Å²) < 4.78 is 13.5. The number of amides is 1. The van der Waals surface area contributed by atoms with Crippen LogP contribution in [-0.2, 0) is 11.3 Å². The van der Waals surface area contributed by atoms with Crippen molar-refractivity contribution in [2.24, 2.45) is 0 Å². The molecule has 1 unspecified atom stereocenters. The number of ether oxygens (including phenoxy) is 2. The molecule has 174 valence electrons. The molecule has 7 heteroatoms. The van der Waals surface area contributed by atoms with Gasteiger partial charge in [0.1, 0.15) is 10.4 Å². The molecule has 1 aliphatic heterocycles. The van der Waals surface area contributed by atoms with Crippen LogP contribution in [0.15, 0.2) is 82.2 Å². The summed E-state index contributed by atoms with van der Waals surface area (Å²) in [4.78, 5) is 15.3. The molecular formula is C27H24BrNO3S2. The third kappa shape index (κ3) is 5.71. The Kier molecular flexibility index (Phi) is 8.08. The minimum Gasteiger partial charge on any atom is -0.490 e. The summed E-state index contributed by atoms with van der Waals surface area (Å²) in [7, 11) is 0. The highest BCUT2D eigenvalue weighted by Gasteiger charge is 2.32. The largest absolute Gasteiger partial charge is 0.490 e. The van der Waals surface area contributed by atoms with Crippen LogP contribution in [0.5, 0.6) is 11.5 Å². The van der Waals surface area contributed by atoms with Gasteiger partial charge in [-0.3, -0.25) is 9.69 Å². The summed E-state index contributed by atoms with van der Waals surface area (Å²) in [6.07, 6.45) is 1.69. The molecule has 0 aliphatic carbocycles. The van der Waals surface area contributed by atoms with Crippen molar-refractivity contribution < 1.29 is 14.3 Å². The summed E-state index contributed by atoms with van der Waals surface area (Å²) in [6.45, 7) is 4.88. The van der Waals surface area contributed by atoms with Crippen molar-refractivity contribution in [3.8, 4) is 11.5 Å². The Morgan fingerprint density at radius 3 is 2.44 bits per heavy atom. The van der Waals surface area contributed by atoms with Gasteiger partial charge < -0.3 is 9.47 Å². The molecule has 0 spiro atoms. The topological polar surface area (TPSA) is 38.8 Å². The van der Waals surface area contributed by atoms with Gasteiger partial charge in [-0.2, -0.15) is 0 Å². The molecular weight excluding hydrogens is 530 g/mol. The number of halogens is 1. The average molecular weight is 555 g/mol. The smallest absolute Gasteiger partial charge is 0.266 e. The average Bonchev–Trinajstić information content (AvgIpc) is 3.10. The quantitative estimate of drug-likeness (QED) is 0.215. The number of thiocarbonyl (C=S) groups is 1. The maximum Gasteiger partial charge on any atom is 0.266 e. The summed E-state index contributed by atoms with van der Waals surface area (Å²) in [5.41, 5.74) is 2.94. The van der Waals surface area contributed by atoms with Gasteiger partial charge in [-0.15, -0.1) is 0 Å². The molecule has 3 aromatic carbocycles. The Bertz CT molecular complexity index is 1220. The molecule has 4 nitrogen and oxygen atoms in total. The van der Waals surface area contributed by atoms with E-state index in [0.29, 0.717) is 33.9 Å². The minimum absolute atomic E-state index is 0.0917. The summed E-state index contributed by atoms with van der Waals surface area (Å²) in [6, 6.07) is 23.7. The van der Waals surface area contributed by atoms with E-state index in [0.717, 1.165) is 21.2 Å². The first-order chi connectivity index (χ1) is 16.5. The van der Waals surface area contributed by atoms with Gasteiger partial charge in [-0.1, -0.05) is 84.6 Å². The predicted molar refractivity (Wildman–Crippen MR) is 146 cm³/mol. The fourth-order valence-electron chi connectivity index (χ4n) is 3.57. The van der Waals surface area contributed by atoms with E-state index in [4.69, 9.17) is 21.7 Å². The van der Waals surface area contributed by atoms with Gasteiger partial charge in [0.05, 0.1) is 22.5 Å². The van der Waals surface area contributed by atoms with Crippen molar-refractivity contribution in [1.82, 2.24) is 4.90 Å². The Hall–Kier alpha value is -2.61. The van der Waals surface area contributed by atoms with Crippen molar-refractivity contribution >= 4 is 56.2 Å². The molecule has 0 N–H and O–H groups in total. The molecule has 1 heterocycles. The van der Waals surface area contributed by atoms with Crippen LogP contribution in [0.1, 0.15) is 36.6 Å².